The summed E-state index contributed by atoms with van der Waals surface area (Å²) in [5.74, 6) is -0.962. The smallest absolute Gasteiger partial charge is 0.342 e. The molecule has 0 saturated carbocycles. The molecule has 0 saturated heterocycles. The van der Waals surface area contributed by atoms with E-state index >= 15 is 0 Å². The average molecular weight is 369 g/mol. The van der Waals surface area contributed by atoms with Gasteiger partial charge >= 0.3 is 5.97 Å². The molecular formula is C21H23NO5. The van der Waals surface area contributed by atoms with Crippen molar-refractivity contribution in [1.82, 2.24) is 5.32 Å². The third kappa shape index (κ3) is 4.22. The molecule has 6 nitrogen and oxygen atoms in total. The monoisotopic (exact) mass is 369 g/mol. The van der Waals surface area contributed by atoms with Crippen LogP contribution in [-0.4, -0.2) is 30.2 Å². The number of methoxy groups -OCH3 is 1. The Bertz CT molecular complexity index is 848. The SMILES string of the molecule is COc1ccc(O)c(C(=O)O[C@H](C)C(=O)N[C@@H]2CCCc3ccccc32)c1. The highest BCUT2D eigenvalue weighted by Gasteiger charge is 2.26. The van der Waals surface area contributed by atoms with Crippen molar-refractivity contribution in [1.29, 1.82) is 0 Å². The summed E-state index contributed by atoms with van der Waals surface area (Å²) in [4.78, 5) is 24.8. The van der Waals surface area contributed by atoms with E-state index in [0.29, 0.717) is 5.75 Å². The van der Waals surface area contributed by atoms with Gasteiger partial charge in [-0.2, -0.15) is 0 Å². The Hall–Kier alpha value is -3.02. The topological polar surface area (TPSA) is 84.9 Å². The summed E-state index contributed by atoms with van der Waals surface area (Å²) in [6, 6.07) is 12.2. The molecule has 1 amide bonds. The molecule has 0 heterocycles. The number of esters is 1. The van der Waals surface area contributed by atoms with Gasteiger partial charge in [0.2, 0.25) is 0 Å². The number of carbonyl (C=O) groups excluding carboxylic acids is 2. The van der Waals surface area contributed by atoms with Crippen LogP contribution in [-0.2, 0) is 16.0 Å². The van der Waals surface area contributed by atoms with Crippen molar-refractivity contribution in [3.05, 3.63) is 59.2 Å². The van der Waals surface area contributed by atoms with Crippen molar-refractivity contribution < 1.29 is 24.2 Å². The van der Waals surface area contributed by atoms with Crippen LogP contribution in [0.2, 0.25) is 0 Å². The predicted molar refractivity (Wildman–Crippen MR) is 99.8 cm³/mol. The number of aromatic hydroxyl groups is 1. The quantitative estimate of drug-likeness (QED) is 0.791. The molecule has 0 radical (unpaired) electrons. The second-order valence-electron chi connectivity index (χ2n) is 6.58. The van der Waals surface area contributed by atoms with Gasteiger partial charge in [-0.15, -0.1) is 0 Å². The fraction of sp³-hybridized carbons (Fsp3) is 0.333. The lowest BCUT2D eigenvalue weighted by atomic mass is 9.87. The van der Waals surface area contributed by atoms with E-state index < -0.39 is 12.1 Å². The Balaban J connectivity index is 1.66. The molecule has 0 aliphatic heterocycles. The van der Waals surface area contributed by atoms with Crippen LogP contribution in [0.25, 0.3) is 0 Å². The Morgan fingerprint density at radius 2 is 2.00 bits per heavy atom. The second-order valence-corrected chi connectivity index (χ2v) is 6.58. The number of amides is 1. The number of benzene rings is 2. The van der Waals surface area contributed by atoms with Gasteiger partial charge in [-0.05, 0) is 55.5 Å². The molecule has 27 heavy (non-hydrogen) atoms. The summed E-state index contributed by atoms with van der Waals surface area (Å²) in [5.41, 5.74) is 2.30. The fourth-order valence-corrected chi connectivity index (χ4v) is 3.28. The van der Waals surface area contributed by atoms with Gasteiger partial charge in [0, 0.05) is 0 Å². The van der Waals surface area contributed by atoms with E-state index in [-0.39, 0.29) is 23.3 Å². The highest BCUT2D eigenvalue weighted by atomic mass is 16.5. The van der Waals surface area contributed by atoms with Crippen LogP contribution in [0.4, 0.5) is 0 Å². The van der Waals surface area contributed by atoms with Crippen molar-refractivity contribution in [2.24, 2.45) is 0 Å². The minimum absolute atomic E-state index is 0.0444. The Kier molecular flexibility index (Phi) is 5.64. The van der Waals surface area contributed by atoms with Crippen LogP contribution in [0.15, 0.2) is 42.5 Å². The molecule has 2 atom stereocenters. The summed E-state index contributed by atoms with van der Waals surface area (Å²) in [6.07, 6.45) is 1.85. The van der Waals surface area contributed by atoms with Crippen LogP contribution in [0.5, 0.6) is 11.5 Å². The zero-order valence-corrected chi connectivity index (χ0v) is 15.4. The maximum atomic E-state index is 12.5. The highest BCUT2D eigenvalue weighted by molar-refractivity contribution is 5.95. The number of carbonyl (C=O) groups is 2. The van der Waals surface area contributed by atoms with Gasteiger partial charge in [-0.25, -0.2) is 4.79 Å². The molecule has 0 unspecified atom stereocenters. The summed E-state index contributed by atoms with van der Waals surface area (Å²) in [7, 11) is 1.46. The van der Waals surface area contributed by atoms with Crippen molar-refractivity contribution in [2.75, 3.05) is 7.11 Å². The Morgan fingerprint density at radius 3 is 2.78 bits per heavy atom. The molecule has 0 bridgehead atoms. The number of aryl methyl sites for hydroxylation is 1. The van der Waals surface area contributed by atoms with Gasteiger partial charge in [-0.1, -0.05) is 24.3 Å². The van der Waals surface area contributed by atoms with Gasteiger partial charge in [0.15, 0.2) is 6.10 Å². The number of nitrogens with one attached hydrogen (secondary N) is 1. The van der Waals surface area contributed by atoms with E-state index in [0.717, 1.165) is 24.8 Å². The summed E-state index contributed by atoms with van der Waals surface area (Å²) in [6.45, 7) is 1.51. The Labute approximate surface area is 158 Å². The molecule has 3 rings (SSSR count). The molecule has 2 aromatic carbocycles. The second kappa shape index (κ2) is 8.12. The van der Waals surface area contributed by atoms with Crippen molar-refractivity contribution in [2.45, 2.75) is 38.3 Å². The number of hydrogen-bond acceptors (Lipinski definition) is 5. The van der Waals surface area contributed by atoms with E-state index in [4.69, 9.17) is 9.47 Å². The molecule has 0 spiro atoms. The number of phenolic OH excluding ortho intramolecular Hbond substituents is 1. The van der Waals surface area contributed by atoms with Gasteiger partial charge in [0.05, 0.1) is 13.2 Å². The maximum absolute atomic E-state index is 12.5. The largest absolute Gasteiger partial charge is 0.507 e. The van der Waals surface area contributed by atoms with E-state index in [1.165, 1.54) is 37.8 Å². The summed E-state index contributed by atoms with van der Waals surface area (Å²) < 4.78 is 10.3. The van der Waals surface area contributed by atoms with Crippen molar-refractivity contribution in [3.8, 4) is 11.5 Å². The van der Waals surface area contributed by atoms with Crippen molar-refractivity contribution in [3.63, 3.8) is 0 Å². The zero-order valence-electron chi connectivity index (χ0n) is 15.4. The van der Waals surface area contributed by atoms with E-state index in [1.54, 1.807) is 0 Å². The molecule has 142 valence electrons. The first kappa shape index (κ1) is 18.8. The minimum Gasteiger partial charge on any atom is -0.507 e. The summed E-state index contributed by atoms with van der Waals surface area (Å²) >= 11 is 0. The number of ether oxygens (including phenoxy) is 2. The fourth-order valence-electron chi connectivity index (χ4n) is 3.28. The first-order valence-electron chi connectivity index (χ1n) is 8.95. The van der Waals surface area contributed by atoms with Crippen LogP contribution in [0, 0.1) is 0 Å². The third-order valence-corrected chi connectivity index (χ3v) is 4.76. The zero-order chi connectivity index (χ0) is 19.4. The normalized spacial score (nSPS) is 16.7. The number of phenols is 1. The van der Waals surface area contributed by atoms with Gasteiger partial charge in [-0.3, -0.25) is 4.79 Å². The van der Waals surface area contributed by atoms with Crippen molar-refractivity contribution >= 4 is 11.9 Å². The first-order chi connectivity index (χ1) is 13.0. The van der Waals surface area contributed by atoms with Crippen LogP contribution in [0.3, 0.4) is 0 Å². The molecule has 6 heteroatoms. The van der Waals surface area contributed by atoms with Crippen LogP contribution >= 0.6 is 0 Å². The molecule has 1 aliphatic carbocycles. The lowest BCUT2D eigenvalue weighted by Crippen LogP contribution is -2.39. The molecule has 0 fully saturated rings. The summed E-state index contributed by atoms with van der Waals surface area (Å²) in [5, 5.41) is 12.8. The highest BCUT2D eigenvalue weighted by Crippen LogP contribution is 2.29. The molecule has 0 aromatic heterocycles. The van der Waals surface area contributed by atoms with Crippen LogP contribution in [0.1, 0.15) is 47.3 Å². The lowest BCUT2D eigenvalue weighted by Gasteiger charge is -2.27. The van der Waals surface area contributed by atoms with Gasteiger partial charge in [0.25, 0.3) is 5.91 Å². The number of rotatable bonds is 5. The van der Waals surface area contributed by atoms with Gasteiger partial charge < -0.3 is 19.9 Å². The van der Waals surface area contributed by atoms with E-state index in [9.17, 15) is 14.7 Å². The predicted octanol–water partition coefficient (Wildman–Crippen LogP) is 3.14. The molecule has 2 N–H and O–H groups in total. The Morgan fingerprint density at radius 1 is 1.22 bits per heavy atom. The molecular weight excluding hydrogens is 346 g/mol. The molecule has 1 aliphatic rings. The lowest BCUT2D eigenvalue weighted by molar-refractivity contribution is -0.130. The van der Waals surface area contributed by atoms with E-state index in [2.05, 4.69) is 11.4 Å². The minimum atomic E-state index is -0.989. The average Bonchev–Trinajstić information content (AvgIpc) is 2.68. The maximum Gasteiger partial charge on any atom is 0.342 e. The third-order valence-electron chi connectivity index (χ3n) is 4.76. The number of hydrogen-bond donors (Lipinski definition) is 2. The first-order valence-corrected chi connectivity index (χ1v) is 8.95. The molecule has 2 aromatic rings. The van der Waals surface area contributed by atoms with E-state index in [1.807, 2.05) is 18.2 Å². The van der Waals surface area contributed by atoms with Gasteiger partial charge in [0.1, 0.15) is 17.1 Å². The number of fused-ring (bicyclic) bond motifs is 1. The standard InChI is InChI=1S/C21H23NO5/c1-13(27-21(25)17-12-15(26-2)10-11-19(17)23)20(24)22-18-9-5-7-14-6-3-4-8-16(14)18/h3-4,6,8,10-13,18,23H,5,7,9H2,1-2H3,(H,22,24)/t13-,18-/m1/s1. The van der Waals surface area contributed by atoms with Crippen LogP contribution < -0.4 is 10.1 Å².